The van der Waals surface area contributed by atoms with Crippen molar-refractivity contribution in [3.05, 3.63) is 44.5 Å². The fourth-order valence-corrected chi connectivity index (χ4v) is 3.54. The van der Waals surface area contributed by atoms with Crippen molar-refractivity contribution in [2.24, 2.45) is 0 Å². The molecule has 0 atom stereocenters. The summed E-state index contributed by atoms with van der Waals surface area (Å²) < 4.78 is 0.813. The third kappa shape index (κ3) is 1.96. The van der Waals surface area contributed by atoms with Crippen molar-refractivity contribution in [1.29, 1.82) is 0 Å². The lowest BCUT2D eigenvalue weighted by molar-refractivity contribution is 1.40. The van der Waals surface area contributed by atoms with E-state index in [1.165, 1.54) is 17.4 Å². The van der Waals surface area contributed by atoms with Crippen molar-refractivity contribution in [2.75, 3.05) is 12.4 Å². The minimum Gasteiger partial charge on any atom is -0.387 e. The molecule has 0 saturated carbocycles. The number of aromatic nitrogens is 1. The molecule has 0 bridgehead atoms. The number of hydrogen-bond donors (Lipinski definition) is 1. The van der Waals surface area contributed by atoms with E-state index < -0.39 is 0 Å². The predicted molar refractivity (Wildman–Crippen MR) is 82.1 cm³/mol. The standard InChI is InChI=1S/C13H8Cl2N2OS/c1-16-6-2-3-7-12(10(6)14)19-13-8(17-7)4-5-9(18)11(13)15/h2-5,16H,1H3. The first kappa shape index (κ1) is 12.7. The molecule has 2 aliphatic rings. The van der Waals surface area contributed by atoms with Crippen molar-refractivity contribution < 1.29 is 0 Å². The summed E-state index contributed by atoms with van der Waals surface area (Å²) >= 11 is 13.8. The van der Waals surface area contributed by atoms with Crippen molar-refractivity contribution in [2.45, 2.75) is 0 Å². The van der Waals surface area contributed by atoms with Crippen molar-refractivity contribution >= 4 is 50.4 Å². The van der Waals surface area contributed by atoms with Gasteiger partial charge in [-0.05, 0) is 24.3 Å². The van der Waals surface area contributed by atoms with Crippen LogP contribution in [0.1, 0.15) is 0 Å². The van der Waals surface area contributed by atoms with Gasteiger partial charge in [-0.15, -0.1) is 11.3 Å². The van der Waals surface area contributed by atoms with Gasteiger partial charge in [0.1, 0.15) is 5.02 Å². The van der Waals surface area contributed by atoms with E-state index in [-0.39, 0.29) is 10.5 Å². The van der Waals surface area contributed by atoms with Crippen LogP contribution < -0.4 is 10.7 Å². The van der Waals surface area contributed by atoms with E-state index in [2.05, 4.69) is 10.3 Å². The summed E-state index contributed by atoms with van der Waals surface area (Å²) in [6.07, 6.45) is 0. The third-order valence-electron chi connectivity index (χ3n) is 2.83. The molecule has 1 aliphatic carbocycles. The Bertz CT molecular complexity index is 816. The normalized spacial score (nSPS) is 11.1. The van der Waals surface area contributed by atoms with Gasteiger partial charge in [0.05, 0.1) is 31.5 Å². The number of rotatable bonds is 1. The molecule has 0 aromatic heterocycles. The highest BCUT2D eigenvalue weighted by atomic mass is 35.5. The Morgan fingerprint density at radius 3 is 2.68 bits per heavy atom. The molecule has 19 heavy (non-hydrogen) atoms. The van der Waals surface area contributed by atoms with E-state index in [0.717, 1.165) is 15.9 Å². The second-order valence-corrected chi connectivity index (χ2v) is 5.74. The fourth-order valence-electron chi connectivity index (χ4n) is 1.87. The summed E-state index contributed by atoms with van der Waals surface area (Å²) in [5, 5.41) is 3.80. The number of benzene rings is 2. The molecule has 3 nitrogen and oxygen atoms in total. The van der Waals surface area contributed by atoms with Crippen LogP contribution in [0.25, 0.3) is 20.8 Å². The van der Waals surface area contributed by atoms with E-state index in [0.29, 0.717) is 15.6 Å². The van der Waals surface area contributed by atoms with Gasteiger partial charge in [-0.1, -0.05) is 23.2 Å². The molecule has 1 heterocycles. The maximum Gasteiger partial charge on any atom is 0.198 e. The van der Waals surface area contributed by atoms with Crippen LogP contribution in [0.3, 0.4) is 0 Å². The van der Waals surface area contributed by atoms with Gasteiger partial charge in [0.15, 0.2) is 5.43 Å². The van der Waals surface area contributed by atoms with Gasteiger partial charge < -0.3 is 5.32 Å². The van der Waals surface area contributed by atoms with E-state index in [1.54, 1.807) is 13.1 Å². The van der Waals surface area contributed by atoms with Crippen LogP contribution >= 0.6 is 34.5 Å². The van der Waals surface area contributed by atoms with E-state index in [9.17, 15) is 4.79 Å². The van der Waals surface area contributed by atoms with Crippen LogP contribution in [-0.4, -0.2) is 12.0 Å². The molecule has 1 aromatic rings. The van der Waals surface area contributed by atoms with Crippen LogP contribution in [-0.2, 0) is 0 Å². The zero-order chi connectivity index (χ0) is 13.6. The van der Waals surface area contributed by atoms with Crippen molar-refractivity contribution in [3.63, 3.8) is 0 Å². The zero-order valence-electron chi connectivity index (χ0n) is 9.83. The number of fused-ring (bicyclic) bond motifs is 2. The maximum absolute atomic E-state index is 11.6. The first-order valence-electron chi connectivity index (χ1n) is 5.51. The van der Waals surface area contributed by atoms with Crippen LogP contribution in [0.15, 0.2) is 29.1 Å². The molecule has 1 aromatic carbocycles. The monoisotopic (exact) mass is 310 g/mol. The Morgan fingerprint density at radius 2 is 1.95 bits per heavy atom. The summed E-state index contributed by atoms with van der Waals surface area (Å²) in [7, 11) is 1.80. The Hall–Kier alpha value is -1.36. The maximum atomic E-state index is 11.6. The second-order valence-electron chi connectivity index (χ2n) is 3.97. The summed E-state index contributed by atoms with van der Waals surface area (Å²) in [5.41, 5.74) is 2.11. The molecule has 6 heteroatoms. The van der Waals surface area contributed by atoms with Gasteiger partial charge in [0, 0.05) is 7.05 Å². The Kier molecular flexibility index (Phi) is 3.09. The predicted octanol–water partition coefficient (Wildman–Crippen LogP) is 4.11. The summed E-state index contributed by atoms with van der Waals surface area (Å²) in [6.45, 7) is 0. The van der Waals surface area contributed by atoms with Crippen molar-refractivity contribution in [3.8, 4) is 10.6 Å². The molecule has 96 valence electrons. The van der Waals surface area contributed by atoms with Crippen LogP contribution in [0.2, 0.25) is 10.0 Å². The molecule has 0 saturated heterocycles. The minimum absolute atomic E-state index is 0.197. The van der Waals surface area contributed by atoms with Gasteiger partial charge >= 0.3 is 0 Å². The summed E-state index contributed by atoms with van der Waals surface area (Å²) in [6, 6.07) is 6.88. The van der Waals surface area contributed by atoms with Gasteiger partial charge in [0.25, 0.3) is 0 Å². The number of hydrogen-bond acceptors (Lipinski definition) is 4. The van der Waals surface area contributed by atoms with Crippen LogP contribution in [0.4, 0.5) is 5.69 Å². The van der Waals surface area contributed by atoms with Crippen molar-refractivity contribution in [1.82, 2.24) is 4.98 Å². The number of nitrogens with zero attached hydrogens (tertiary/aromatic N) is 1. The lowest BCUT2D eigenvalue weighted by Gasteiger charge is -2.10. The highest BCUT2D eigenvalue weighted by Gasteiger charge is 2.15. The Balaban J connectivity index is 2.48. The summed E-state index contributed by atoms with van der Waals surface area (Å²) in [4.78, 5) is 16.7. The Labute approximate surface area is 123 Å². The average molecular weight is 311 g/mol. The molecular weight excluding hydrogens is 303 g/mol. The topological polar surface area (TPSA) is 42.0 Å². The molecule has 3 rings (SSSR count). The summed E-state index contributed by atoms with van der Waals surface area (Å²) in [5.74, 6) is 0. The molecule has 0 fully saturated rings. The molecule has 0 spiro atoms. The first-order valence-corrected chi connectivity index (χ1v) is 7.08. The highest BCUT2D eigenvalue weighted by Crippen LogP contribution is 2.39. The molecule has 0 unspecified atom stereocenters. The SMILES string of the molecule is CNc1ccc2nc3ccc(=O)c(Cl)c-3sc2c1Cl. The fraction of sp³-hybridized carbons (Fsp3) is 0.0769. The van der Waals surface area contributed by atoms with Gasteiger partial charge in [0.2, 0.25) is 0 Å². The number of halogens is 2. The number of nitrogens with one attached hydrogen (secondary N) is 1. The molecule has 1 N–H and O–H groups in total. The average Bonchev–Trinajstić information content (AvgIpc) is 2.42. The van der Waals surface area contributed by atoms with E-state index in [4.69, 9.17) is 23.2 Å². The number of anilines is 1. The second kappa shape index (κ2) is 4.63. The highest BCUT2D eigenvalue weighted by molar-refractivity contribution is 7.22. The molecule has 1 aliphatic heterocycles. The zero-order valence-corrected chi connectivity index (χ0v) is 12.2. The lowest BCUT2D eigenvalue weighted by Crippen LogP contribution is -2.02. The van der Waals surface area contributed by atoms with Gasteiger partial charge in [-0.25, -0.2) is 4.98 Å². The molecular formula is C13H8Cl2N2OS. The van der Waals surface area contributed by atoms with Gasteiger partial charge in [-0.3, -0.25) is 4.79 Å². The smallest absolute Gasteiger partial charge is 0.198 e. The molecule has 0 amide bonds. The third-order valence-corrected chi connectivity index (χ3v) is 5.06. The Morgan fingerprint density at radius 1 is 1.16 bits per heavy atom. The minimum atomic E-state index is -0.201. The van der Waals surface area contributed by atoms with E-state index >= 15 is 0 Å². The van der Waals surface area contributed by atoms with Crippen LogP contribution in [0, 0.1) is 0 Å². The van der Waals surface area contributed by atoms with Gasteiger partial charge in [-0.2, -0.15) is 0 Å². The first-order chi connectivity index (χ1) is 9.11. The quantitative estimate of drug-likeness (QED) is 0.688. The van der Waals surface area contributed by atoms with E-state index in [1.807, 2.05) is 12.1 Å². The largest absolute Gasteiger partial charge is 0.387 e. The lowest BCUT2D eigenvalue weighted by atomic mass is 10.2. The van der Waals surface area contributed by atoms with Crippen LogP contribution in [0.5, 0.6) is 0 Å². The molecule has 0 radical (unpaired) electrons.